The Morgan fingerprint density at radius 3 is 2.41 bits per heavy atom. The van der Waals surface area contributed by atoms with Crippen molar-refractivity contribution in [2.75, 3.05) is 31.6 Å². The number of nitrogens with zero attached hydrogens (tertiary/aromatic N) is 3. The van der Waals surface area contributed by atoms with E-state index >= 15 is 0 Å². The highest BCUT2D eigenvalue weighted by Gasteiger charge is 2.22. The van der Waals surface area contributed by atoms with E-state index in [9.17, 15) is 14.4 Å². The van der Waals surface area contributed by atoms with Crippen LogP contribution in [0.4, 0.5) is 10.5 Å². The zero-order valence-corrected chi connectivity index (χ0v) is 24.9. The number of aromatic nitrogens is 2. The second-order valence-corrected chi connectivity index (χ2v) is 10.7. The highest BCUT2D eigenvalue weighted by atomic mass is 35.5. The molecule has 1 saturated heterocycles. The van der Waals surface area contributed by atoms with Gasteiger partial charge in [-0.3, -0.25) is 19.6 Å². The van der Waals surface area contributed by atoms with E-state index < -0.39 is 0 Å². The largest absolute Gasteiger partial charge is 0.448 e. The molecule has 1 fully saturated rings. The van der Waals surface area contributed by atoms with Crippen LogP contribution in [0.2, 0.25) is 5.02 Å². The number of aliphatic hydroxyl groups is 1. The van der Waals surface area contributed by atoms with Crippen LogP contribution in [0, 0.1) is 6.92 Å². The minimum Gasteiger partial charge on any atom is -0.448 e. The summed E-state index contributed by atoms with van der Waals surface area (Å²) in [6.45, 7) is 4.24. The number of amides is 2. The van der Waals surface area contributed by atoms with Gasteiger partial charge in [-0.2, -0.15) is 0 Å². The maximum atomic E-state index is 13.0. The first-order valence-electron chi connectivity index (χ1n) is 14.2. The van der Waals surface area contributed by atoms with Crippen LogP contribution < -0.4 is 10.6 Å². The van der Waals surface area contributed by atoms with E-state index in [-0.39, 0.29) is 36.5 Å². The molecule has 44 heavy (non-hydrogen) atoms. The number of ketones is 1. The molecular weight excluding hydrogens is 582 g/mol. The number of pyridine rings is 2. The van der Waals surface area contributed by atoms with Crippen LogP contribution in [0.3, 0.4) is 0 Å². The molecule has 2 amide bonds. The monoisotopic (exact) mass is 613 g/mol. The van der Waals surface area contributed by atoms with Crippen molar-refractivity contribution < 1.29 is 24.2 Å². The molecule has 0 aliphatic carbocycles. The molecule has 2 aromatic heterocycles. The molecule has 1 aliphatic heterocycles. The number of benzene rings is 2. The van der Waals surface area contributed by atoms with Crippen LogP contribution in [0.25, 0.3) is 11.1 Å². The van der Waals surface area contributed by atoms with Gasteiger partial charge >= 0.3 is 6.09 Å². The lowest BCUT2D eigenvalue weighted by molar-refractivity contribution is 0.0986. The molecule has 0 spiro atoms. The summed E-state index contributed by atoms with van der Waals surface area (Å²) >= 11 is 6.85. The number of Topliss-reactive ketones (excluding diaryl/α,β-unsaturated/α-hetero) is 1. The van der Waals surface area contributed by atoms with Gasteiger partial charge in [0.2, 0.25) is 0 Å². The van der Waals surface area contributed by atoms with Gasteiger partial charge < -0.3 is 25.4 Å². The van der Waals surface area contributed by atoms with Crippen molar-refractivity contribution in [1.82, 2.24) is 20.2 Å². The Balaban J connectivity index is 1.27. The SMILES string of the molecule is Cc1c(NC(=O)c2ccc(CN3CCOC3=O)cn2)cccc1-c1cccc(CC(=O)c2ccc(CNCCO)cn2)c1Cl. The van der Waals surface area contributed by atoms with Crippen LogP contribution in [-0.2, 0) is 24.2 Å². The van der Waals surface area contributed by atoms with Gasteiger partial charge in [0, 0.05) is 43.2 Å². The van der Waals surface area contributed by atoms with Crippen molar-refractivity contribution in [3.63, 3.8) is 0 Å². The fourth-order valence-corrected chi connectivity index (χ4v) is 5.18. The Morgan fingerprint density at radius 2 is 1.70 bits per heavy atom. The topological polar surface area (TPSA) is 134 Å². The van der Waals surface area contributed by atoms with E-state index in [4.69, 9.17) is 21.4 Å². The Morgan fingerprint density at radius 1 is 0.977 bits per heavy atom. The molecule has 0 saturated carbocycles. The molecule has 4 aromatic rings. The first-order valence-corrected chi connectivity index (χ1v) is 14.6. The van der Waals surface area contributed by atoms with E-state index in [1.54, 1.807) is 41.6 Å². The molecule has 5 rings (SSSR count). The standard InChI is InChI=1S/C33H32ClN5O5/c1-21-25(5-3-7-27(21)38-32(42)29-11-9-23(19-37-29)20-39-13-15-44-33(39)43)26-6-2-4-24(31(26)34)16-30(41)28-10-8-22(18-36-28)17-35-12-14-40/h2-11,18-19,35,40H,12-17,20H2,1H3,(H,38,42). The van der Waals surface area contributed by atoms with Gasteiger partial charge in [0.05, 0.1) is 24.7 Å². The Hall–Kier alpha value is -4.64. The van der Waals surface area contributed by atoms with Crippen molar-refractivity contribution in [2.24, 2.45) is 0 Å². The summed E-state index contributed by atoms with van der Waals surface area (Å²) < 4.78 is 4.95. The molecule has 10 nitrogen and oxygen atoms in total. The second kappa shape index (κ2) is 14.2. The number of halogens is 1. The predicted molar refractivity (Wildman–Crippen MR) is 167 cm³/mol. The molecule has 226 valence electrons. The third-order valence-corrected chi connectivity index (χ3v) is 7.75. The Kier molecular flexibility index (Phi) is 9.96. The number of carbonyl (C=O) groups excluding carboxylic acids is 3. The molecule has 3 heterocycles. The zero-order valence-electron chi connectivity index (χ0n) is 24.2. The maximum absolute atomic E-state index is 13.0. The lowest BCUT2D eigenvalue weighted by Gasteiger charge is -2.15. The van der Waals surface area contributed by atoms with E-state index in [1.807, 2.05) is 43.3 Å². The number of hydrogen-bond donors (Lipinski definition) is 3. The van der Waals surface area contributed by atoms with Gasteiger partial charge in [-0.1, -0.05) is 54.1 Å². The van der Waals surface area contributed by atoms with Gasteiger partial charge in [-0.25, -0.2) is 4.79 Å². The molecule has 1 aliphatic rings. The van der Waals surface area contributed by atoms with Crippen LogP contribution in [0.15, 0.2) is 73.1 Å². The zero-order chi connectivity index (χ0) is 31.1. The van der Waals surface area contributed by atoms with Crippen molar-refractivity contribution in [1.29, 1.82) is 0 Å². The summed E-state index contributed by atoms with van der Waals surface area (Å²) in [7, 11) is 0. The van der Waals surface area contributed by atoms with Crippen molar-refractivity contribution in [3.8, 4) is 11.1 Å². The van der Waals surface area contributed by atoms with Crippen molar-refractivity contribution >= 4 is 35.1 Å². The summed E-state index contributed by atoms with van der Waals surface area (Å²) in [4.78, 5) is 48.0. The molecule has 0 atom stereocenters. The van der Waals surface area contributed by atoms with E-state index in [1.165, 1.54) is 0 Å². The first kappa shape index (κ1) is 30.8. The van der Waals surface area contributed by atoms with Gasteiger partial charge in [0.25, 0.3) is 5.91 Å². The molecule has 0 bridgehead atoms. The Labute approximate surface area is 260 Å². The summed E-state index contributed by atoms with van der Waals surface area (Å²) in [6.07, 6.45) is 2.95. The van der Waals surface area contributed by atoms with Crippen LogP contribution in [0.5, 0.6) is 0 Å². The number of hydrogen-bond acceptors (Lipinski definition) is 8. The highest BCUT2D eigenvalue weighted by molar-refractivity contribution is 6.34. The van der Waals surface area contributed by atoms with Gasteiger partial charge in [-0.05, 0) is 52.9 Å². The van der Waals surface area contributed by atoms with Gasteiger partial charge in [0.15, 0.2) is 5.78 Å². The number of cyclic esters (lactones) is 1. The highest BCUT2D eigenvalue weighted by Crippen LogP contribution is 2.36. The van der Waals surface area contributed by atoms with Gasteiger partial charge in [0.1, 0.15) is 18.0 Å². The molecule has 0 radical (unpaired) electrons. The number of rotatable bonds is 12. The number of carbonyl (C=O) groups is 3. The quantitative estimate of drug-likeness (QED) is 0.153. The number of nitrogens with one attached hydrogen (secondary N) is 2. The fraction of sp³-hybridized carbons (Fsp3) is 0.242. The summed E-state index contributed by atoms with van der Waals surface area (Å²) in [5, 5.41) is 15.4. The summed E-state index contributed by atoms with van der Waals surface area (Å²) in [5.74, 6) is -0.527. The number of anilines is 1. The normalized spacial score (nSPS) is 12.7. The third kappa shape index (κ3) is 7.28. The van der Waals surface area contributed by atoms with Gasteiger partial charge in [-0.15, -0.1) is 0 Å². The number of ether oxygens (including phenoxy) is 1. The van der Waals surface area contributed by atoms with Crippen LogP contribution in [0.1, 0.15) is 43.2 Å². The average molecular weight is 614 g/mol. The third-order valence-electron chi connectivity index (χ3n) is 7.31. The predicted octanol–water partition coefficient (Wildman–Crippen LogP) is 4.82. The molecule has 0 unspecified atom stereocenters. The second-order valence-electron chi connectivity index (χ2n) is 10.4. The lowest BCUT2D eigenvalue weighted by atomic mass is 9.95. The first-order chi connectivity index (χ1) is 21.3. The van der Waals surface area contributed by atoms with Crippen molar-refractivity contribution in [3.05, 3.63) is 112 Å². The van der Waals surface area contributed by atoms with E-state index in [2.05, 4.69) is 20.6 Å². The smallest absolute Gasteiger partial charge is 0.410 e. The van der Waals surface area contributed by atoms with Crippen LogP contribution >= 0.6 is 11.6 Å². The number of aliphatic hydroxyl groups excluding tert-OH is 1. The molecular formula is C33H32ClN5O5. The molecule has 3 N–H and O–H groups in total. The fourth-order valence-electron chi connectivity index (χ4n) is 4.88. The summed E-state index contributed by atoms with van der Waals surface area (Å²) in [6, 6.07) is 18.0. The Bertz CT molecular complexity index is 1660. The minimum absolute atomic E-state index is 0.0514. The minimum atomic E-state index is -0.370. The maximum Gasteiger partial charge on any atom is 0.410 e. The average Bonchev–Trinajstić information content (AvgIpc) is 3.44. The van der Waals surface area contributed by atoms with Crippen molar-refractivity contribution in [2.45, 2.75) is 26.4 Å². The van der Waals surface area contributed by atoms with E-state index in [0.29, 0.717) is 54.8 Å². The lowest BCUT2D eigenvalue weighted by Crippen LogP contribution is -2.23. The molecule has 2 aromatic carbocycles. The summed E-state index contributed by atoms with van der Waals surface area (Å²) in [5.41, 5.74) is 5.94. The molecule has 11 heteroatoms. The van der Waals surface area contributed by atoms with E-state index in [0.717, 1.165) is 27.8 Å². The van der Waals surface area contributed by atoms with Crippen LogP contribution in [-0.4, -0.2) is 64.1 Å².